The molecule has 2 N–H and O–H groups in total. The van der Waals surface area contributed by atoms with Gasteiger partial charge in [0.1, 0.15) is 6.04 Å². The number of piperidine rings is 1. The monoisotopic (exact) mass is 284 g/mol. The van der Waals surface area contributed by atoms with Gasteiger partial charge in [-0.25, -0.2) is 4.79 Å². The van der Waals surface area contributed by atoms with Gasteiger partial charge in [-0.1, -0.05) is 0 Å². The number of nitrogens with one attached hydrogen (secondary N) is 1. The third-order valence-electron chi connectivity index (χ3n) is 4.85. The van der Waals surface area contributed by atoms with Gasteiger partial charge in [0.05, 0.1) is 5.37 Å². The molecule has 0 aromatic rings. The van der Waals surface area contributed by atoms with Gasteiger partial charge in [0.15, 0.2) is 0 Å². The first kappa shape index (κ1) is 13.2. The number of hydrogen-bond donors (Lipinski definition) is 2. The molecule has 1 spiro atoms. The van der Waals surface area contributed by atoms with Gasteiger partial charge in [-0.05, 0) is 44.7 Å². The minimum absolute atomic E-state index is 0.00651. The molecule has 3 rings (SSSR count). The van der Waals surface area contributed by atoms with Crippen molar-refractivity contribution in [2.75, 3.05) is 18.8 Å². The molecule has 3 unspecified atom stereocenters. The van der Waals surface area contributed by atoms with E-state index in [1.165, 1.54) is 0 Å². The molecular formula is C13H20N2O3S. The van der Waals surface area contributed by atoms with Crippen molar-refractivity contribution in [3.63, 3.8) is 0 Å². The lowest BCUT2D eigenvalue weighted by atomic mass is 9.91. The largest absolute Gasteiger partial charge is 0.480 e. The summed E-state index contributed by atoms with van der Waals surface area (Å²) in [5.74, 6) is -0.210. The van der Waals surface area contributed by atoms with Gasteiger partial charge < -0.3 is 15.3 Å². The molecule has 0 radical (unpaired) electrons. The molecule has 2 heterocycles. The van der Waals surface area contributed by atoms with Crippen LogP contribution >= 0.6 is 11.8 Å². The Bertz CT molecular complexity index is 409. The number of aliphatic carboxylic acids is 1. The van der Waals surface area contributed by atoms with Crippen LogP contribution in [0.25, 0.3) is 0 Å². The maximum absolute atomic E-state index is 12.6. The Morgan fingerprint density at radius 3 is 2.68 bits per heavy atom. The van der Waals surface area contributed by atoms with Crippen LogP contribution in [0.1, 0.15) is 26.2 Å². The lowest BCUT2D eigenvalue weighted by Crippen LogP contribution is -2.46. The van der Waals surface area contributed by atoms with Crippen LogP contribution in [0.2, 0.25) is 0 Å². The molecule has 0 bridgehead atoms. The quantitative estimate of drug-likeness (QED) is 0.783. The Balaban J connectivity index is 1.72. The summed E-state index contributed by atoms with van der Waals surface area (Å²) in [6.45, 7) is 3.90. The van der Waals surface area contributed by atoms with Crippen LogP contribution in [0.4, 0.5) is 0 Å². The highest BCUT2D eigenvalue weighted by atomic mass is 32.2. The van der Waals surface area contributed by atoms with E-state index in [1.807, 2.05) is 6.92 Å². The number of carboxylic acids is 1. The molecule has 0 aromatic heterocycles. The Labute approximate surface area is 117 Å². The fourth-order valence-electron chi connectivity index (χ4n) is 3.52. The first-order valence-electron chi connectivity index (χ1n) is 6.92. The molecule has 19 heavy (non-hydrogen) atoms. The minimum Gasteiger partial charge on any atom is -0.480 e. The predicted octanol–water partition coefficient (Wildman–Crippen LogP) is 0.751. The average Bonchev–Trinajstić information content (AvgIpc) is 2.92. The fourth-order valence-corrected chi connectivity index (χ4v) is 4.70. The van der Waals surface area contributed by atoms with Crippen molar-refractivity contribution in [2.45, 2.75) is 37.6 Å². The zero-order valence-corrected chi connectivity index (χ0v) is 11.9. The van der Waals surface area contributed by atoms with E-state index in [-0.39, 0.29) is 22.6 Å². The van der Waals surface area contributed by atoms with Crippen molar-refractivity contribution in [1.29, 1.82) is 0 Å². The molecule has 1 aliphatic carbocycles. The normalized spacial score (nSPS) is 36.5. The fraction of sp³-hybridized carbons (Fsp3) is 0.846. The molecule has 6 heteroatoms. The van der Waals surface area contributed by atoms with Crippen molar-refractivity contribution in [3.05, 3.63) is 0 Å². The molecule has 5 nitrogen and oxygen atoms in total. The Morgan fingerprint density at radius 2 is 2.05 bits per heavy atom. The standard InChI is InChI=1S/C13H20N2O3S/c1-8-15(10(7-19-8)12(17)18)11(16)9-6-13(9)2-4-14-5-3-13/h8-10,14H,2-7H2,1H3,(H,17,18). The van der Waals surface area contributed by atoms with E-state index in [0.29, 0.717) is 5.75 Å². The van der Waals surface area contributed by atoms with Crippen LogP contribution in [0.5, 0.6) is 0 Å². The van der Waals surface area contributed by atoms with Gasteiger partial charge in [-0.3, -0.25) is 4.79 Å². The van der Waals surface area contributed by atoms with Gasteiger partial charge in [-0.15, -0.1) is 11.8 Å². The average molecular weight is 284 g/mol. The summed E-state index contributed by atoms with van der Waals surface area (Å²) in [7, 11) is 0. The van der Waals surface area contributed by atoms with E-state index < -0.39 is 12.0 Å². The molecule has 2 saturated heterocycles. The third-order valence-corrected chi connectivity index (χ3v) is 6.07. The Morgan fingerprint density at radius 1 is 1.37 bits per heavy atom. The van der Waals surface area contributed by atoms with Gasteiger partial charge >= 0.3 is 5.97 Å². The molecule has 3 fully saturated rings. The smallest absolute Gasteiger partial charge is 0.327 e. The van der Waals surface area contributed by atoms with Crippen molar-refractivity contribution in [1.82, 2.24) is 10.2 Å². The highest BCUT2D eigenvalue weighted by Gasteiger charge is 2.60. The van der Waals surface area contributed by atoms with E-state index in [2.05, 4.69) is 5.32 Å². The predicted molar refractivity (Wildman–Crippen MR) is 72.8 cm³/mol. The second-order valence-corrected chi connectivity index (χ2v) is 7.25. The highest BCUT2D eigenvalue weighted by molar-refractivity contribution is 8.00. The topological polar surface area (TPSA) is 69.6 Å². The lowest BCUT2D eigenvalue weighted by molar-refractivity contribution is -0.149. The number of carbonyl (C=O) groups is 2. The maximum atomic E-state index is 12.6. The lowest BCUT2D eigenvalue weighted by Gasteiger charge is -2.28. The van der Waals surface area contributed by atoms with Gasteiger partial charge in [-0.2, -0.15) is 0 Å². The number of amides is 1. The summed E-state index contributed by atoms with van der Waals surface area (Å²) in [6, 6.07) is -0.633. The summed E-state index contributed by atoms with van der Waals surface area (Å²) >= 11 is 1.56. The Kier molecular flexibility index (Phi) is 3.25. The first-order valence-corrected chi connectivity index (χ1v) is 7.97. The summed E-state index contributed by atoms with van der Waals surface area (Å²) in [5, 5.41) is 12.6. The van der Waals surface area contributed by atoms with Gasteiger partial charge in [0.2, 0.25) is 5.91 Å². The zero-order chi connectivity index (χ0) is 13.6. The van der Waals surface area contributed by atoms with Crippen LogP contribution in [-0.4, -0.2) is 52.1 Å². The third kappa shape index (κ3) is 2.14. The maximum Gasteiger partial charge on any atom is 0.327 e. The summed E-state index contributed by atoms with van der Waals surface area (Å²) < 4.78 is 0. The molecule has 3 aliphatic rings. The van der Waals surface area contributed by atoms with Crippen molar-refractivity contribution < 1.29 is 14.7 Å². The summed E-state index contributed by atoms with van der Waals surface area (Å²) in [5.41, 5.74) is 0.179. The van der Waals surface area contributed by atoms with E-state index in [9.17, 15) is 14.7 Å². The summed E-state index contributed by atoms with van der Waals surface area (Å²) in [6.07, 6.45) is 3.06. The summed E-state index contributed by atoms with van der Waals surface area (Å²) in [4.78, 5) is 25.5. The molecule has 3 atom stereocenters. The van der Waals surface area contributed by atoms with E-state index >= 15 is 0 Å². The van der Waals surface area contributed by atoms with Crippen LogP contribution in [0.3, 0.4) is 0 Å². The molecule has 0 aromatic carbocycles. The zero-order valence-electron chi connectivity index (χ0n) is 11.1. The SMILES string of the molecule is CC1SCC(C(=O)O)N1C(=O)C1CC12CCNCC2. The van der Waals surface area contributed by atoms with Crippen LogP contribution in [0, 0.1) is 11.3 Å². The van der Waals surface area contributed by atoms with Crippen molar-refractivity contribution in [3.8, 4) is 0 Å². The van der Waals surface area contributed by atoms with Crippen LogP contribution in [0.15, 0.2) is 0 Å². The van der Waals surface area contributed by atoms with E-state index in [1.54, 1.807) is 16.7 Å². The second kappa shape index (κ2) is 4.66. The number of carbonyl (C=O) groups excluding carboxylic acids is 1. The number of hydrogen-bond acceptors (Lipinski definition) is 4. The number of rotatable bonds is 2. The molecule has 1 amide bonds. The van der Waals surface area contributed by atoms with Gasteiger partial charge in [0, 0.05) is 11.7 Å². The van der Waals surface area contributed by atoms with Crippen molar-refractivity contribution >= 4 is 23.6 Å². The number of thioether (sulfide) groups is 1. The molecule has 106 valence electrons. The van der Waals surface area contributed by atoms with E-state index in [4.69, 9.17) is 0 Å². The second-order valence-electron chi connectivity index (χ2n) is 5.90. The number of carboxylic acid groups (broad SMARTS) is 1. The Hall–Kier alpha value is -0.750. The number of nitrogens with zero attached hydrogens (tertiary/aromatic N) is 1. The van der Waals surface area contributed by atoms with Crippen LogP contribution < -0.4 is 5.32 Å². The highest BCUT2D eigenvalue weighted by Crippen LogP contribution is 2.59. The molecule has 1 saturated carbocycles. The van der Waals surface area contributed by atoms with Crippen LogP contribution in [-0.2, 0) is 9.59 Å². The van der Waals surface area contributed by atoms with E-state index in [0.717, 1.165) is 32.4 Å². The minimum atomic E-state index is -0.870. The molecule has 2 aliphatic heterocycles. The first-order chi connectivity index (χ1) is 9.05. The van der Waals surface area contributed by atoms with Crippen molar-refractivity contribution in [2.24, 2.45) is 11.3 Å². The van der Waals surface area contributed by atoms with Gasteiger partial charge in [0.25, 0.3) is 0 Å². The molecular weight excluding hydrogens is 264 g/mol.